The van der Waals surface area contributed by atoms with Gasteiger partial charge >= 0.3 is 9.98 Å². The minimum atomic E-state index is -6.09. The zero-order valence-electron chi connectivity index (χ0n) is 9.31. The summed E-state index contributed by atoms with van der Waals surface area (Å²) in [6.45, 7) is 0. The molecule has 0 fully saturated rings. The molecule has 4 nitrogen and oxygen atoms in total. The summed E-state index contributed by atoms with van der Waals surface area (Å²) in [5.41, 5.74) is -4.45. The van der Waals surface area contributed by atoms with Gasteiger partial charge in [-0.25, -0.2) is 8.42 Å². The molecule has 0 aliphatic heterocycles. The number of rotatable bonds is 0. The molecule has 0 aliphatic rings. The van der Waals surface area contributed by atoms with E-state index in [2.05, 4.69) is 12.1 Å². The second-order valence-corrected chi connectivity index (χ2v) is 6.27. The molecule has 0 N–H and O–H groups in total. The van der Waals surface area contributed by atoms with E-state index in [0.29, 0.717) is 0 Å². The highest BCUT2D eigenvalue weighted by molar-refractivity contribution is 7.86. The van der Waals surface area contributed by atoms with Crippen molar-refractivity contribution in [2.45, 2.75) is 5.51 Å². The number of fused-ring (bicyclic) bond motifs is 1. The Morgan fingerprint density at radius 2 is 1.79 bits per heavy atom. The zero-order chi connectivity index (χ0) is 14.8. The van der Waals surface area contributed by atoms with Gasteiger partial charge in [0.25, 0.3) is 0 Å². The maximum Gasteiger partial charge on any atom is 0.485 e. The van der Waals surface area contributed by atoms with E-state index in [1.54, 1.807) is 11.3 Å². The quantitative estimate of drug-likeness (QED) is 0.422. The number of aromatic nitrogens is 1. The number of benzene rings is 1. The van der Waals surface area contributed by atoms with Gasteiger partial charge in [-0.05, 0) is 17.4 Å². The maximum absolute atomic E-state index is 10.7. The molecule has 0 atom stereocenters. The van der Waals surface area contributed by atoms with Crippen LogP contribution in [0.4, 0.5) is 13.2 Å². The molecular formula is C9H7ClF3NO3S2. The standard InChI is InChI=1S/C8H7ClNS.CHF3O3S/c1-10-6-4-2-3-5-7(6)11-8(10)9;2-1(3,4)8(5,6)7/h2-5H,1H3;(H,5,6,7)/q+1;/p-1. The van der Waals surface area contributed by atoms with Crippen LogP contribution in [0.15, 0.2) is 24.3 Å². The first-order chi connectivity index (χ1) is 8.54. The number of halogens is 4. The summed E-state index contributed by atoms with van der Waals surface area (Å²) in [4.78, 5) is 0. The summed E-state index contributed by atoms with van der Waals surface area (Å²) in [6, 6.07) is 8.18. The van der Waals surface area contributed by atoms with E-state index in [9.17, 15) is 13.2 Å². The van der Waals surface area contributed by atoms with Crippen LogP contribution in [0.5, 0.6) is 0 Å². The minimum Gasteiger partial charge on any atom is -0.741 e. The summed E-state index contributed by atoms with van der Waals surface area (Å²) in [5.74, 6) is 0. The van der Waals surface area contributed by atoms with Gasteiger partial charge in [0.1, 0.15) is 11.7 Å². The third-order valence-electron chi connectivity index (χ3n) is 1.97. The fourth-order valence-electron chi connectivity index (χ4n) is 1.07. The van der Waals surface area contributed by atoms with Crippen molar-refractivity contribution in [1.82, 2.24) is 0 Å². The Hall–Kier alpha value is -0.900. The van der Waals surface area contributed by atoms with Gasteiger partial charge in [-0.15, -0.1) is 0 Å². The van der Waals surface area contributed by atoms with Gasteiger partial charge in [-0.1, -0.05) is 12.1 Å². The predicted molar refractivity (Wildman–Crippen MR) is 63.8 cm³/mol. The van der Waals surface area contributed by atoms with Crippen LogP contribution in [0.25, 0.3) is 10.2 Å². The maximum atomic E-state index is 10.7. The first-order valence-electron chi connectivity index (χ1n) is 4.59. The minimum absolute atomic E-state index is 0.825. The van der Waals surface area contributed by atoms with Crippen molar-refractivity contribution in [3.05, 3.63) is 28.7 Å². The third kappa shape index (κ3) is 4.03. The third-order valence-corrected chi connectivity index (χ3v) is 4.03. The van der Waals surface area contributed by atoms with Crippen LogP contribution in [0.3, 0.4) is 0 Å². The van der Waals surface area contributed by atoms with Crippen molar-refractivity contribution in [3.8, 4) is 0 Å². The lowest BCUT2D eigenvalue weighted by molar-refractivity contribution is -0.638. The molecule has 2 aromatic rings. The zero-order valence-corrected chi connectivity index (χ0v) is 11.7. The summed E-state index contributed by atoms with van der Waals surface area (Å²) >= 11 is 7.54. The van der Waals surface area contributed by atoms with Gasteiger partial charge in [0.05, 0.1) is 0 Å². The van der Waals surface area contributed by atoms with Crippen LogP contribution < -0.4 is 4.57 Å². The smallest absolute Gasteiger partial charge is 0.485 e. The monoisotopic (exact) mass is 333 g/mol. The lowest BCUT2D eigenvalue weighted by atomic mass is 10.3. The van der Waals surface area contributed by atoms with Crippen LogP contribution in [-0.2, 0) is 17.2 Å². The molecule has 2 rings (SSSR count). The Bertz CT molecular complexity index is 682. The average Bonchev–Trinajstić information content (AvgIpc) is 2.54. The van der Waals surface area contributed by atoms with Crippen molar-refractivity contribution >= 4 is 43.3 Å². The Labute approximate surface area is 115 Å². The molecule has 0 amide bonds. The number of alkyl halides is 3. The van der Waals surface area contributed by atoms with E-state index < -0.39 is 15.6 Å². The largest absolute Gasteiger partial charge is 0.741 e. The number of nitrogens with zero attached hydrogens (tertiary/aromatic N) is 1. The van der Waals surface area contributed by atoms with Crippen LogP contribution in [0.1, 0.15) is 0 Å². The van der Waals surface area contributed by atoms with E-state index >= 15 is 0 Å². The molecular weight excluding hydrogens is 327 g/mol. The summed E-state index contributed by atoms with van der Waals surface area (Å²) in [7, 11) is -4.12. The molecule has 0 saturated heterocycles. The fourth-order valence-corrected chi connectivity index (χ4v) is 2.29. The summed E-state index contributed by atoms with van der Waals surface area (Å²) < 4.78 is 63.0. The molecule has 1 heterocycles. The molecule has 0 radical (unpaired) electrons. The van der Waals surface area contributed by atoms with Crippen molar-refractivity contribution in [1.29, 1.82) is 0 Å². The SMILES string of the molecule is C[n+]1c(Cl)sc2ccccc21.O=S(=O)([O-])C(F)(F)F. The Kier molecular flexibility index (Phi) is 4.77. The average molecular weight is 334 g/mol. The van der Waals surface area contributed by atoms with Crippen molar-refractivity contribution in [2.24, 2.45) is 7.05 Å². The molecule has 0 aliphatic carbocycles. The van der Waals surface area contributed by atoms with Gasteiger partial charge in [0.15, 0.2) is 10.1 Å². The second-order valence-electron chi connectivity index (χ2n) is 3.28. The molecule has 10 heteroatoms. The highest BCUT2D eigenvalue weighted by Gasteiger charge is 2.36. The van der Waals surface area contributed by atoms with Crippen molar-refractivity contribution in [3.63, 3.8) is 0 Å². The second kappa shape index (κ2) is 5.61. The lowest BCUT2D eigenvalue weighted by Gasteiger charge is -2.08. The van der Waals surface area contributed by atoms with Crippen LogP contribution >= 0.6 is 22.9 Å². The van der Waals surface area contributed by atoms with Crippen molar-refractivity contribution in [2.75, 3.05) is 0 Å². The molecule has 0 saturated carbocycles. The number of thiazole rings is 1. The molecule has 106 valence electrons. The van der Waals surface area contributed by atoms with E-state index in [1.165, 1.54) is 10.2 Å². The molecule has 19 heavy (non-hydrogen) atoms. The number of hydrogen-bond acceptors (Lipinski definition) is 4. The number of para-hydroxylation sites is 1. The number of aryl methyl sites for hydroxylation is 1. The molecule has 1 aromatic heterocycles. The lowest BCUT2D eigenvalue weighted by Crippen LogP contribution is -2.26. The Morgan fingerprint density at radius 3 is 2.21 bits per heavy atom. The molecule has 1 aromatic carbocycles. The molecule has 0 bridgehead atoms. The Balaban J connectivity index is 0.000000203. The molecule has 0 unspecified atom stereocenters. The van der Waals surface area contributed by atoms with E-state index in [-0.39, 0.29) is 0 Å². The topological polar surface area (TPSA) is 61.1 Å². The van der Waals surface area contributed by atoms with E-state index in [0.717, 1.165) is 4.47 Å². The number of hydrogen-bond donors (Lipinski definition) is 0. The van der Waals surface area contributed by atoms with Crippen LogP contribution in [0, 0.1) is 0 Å². The van der Waals surface area contributed by atoms with Gasteiger partial charge in [-0.2, -0.15) is 17.7 Å². The Morgan fingerprint density at radius 1 is 1.32 bits per heavy atom. The first kappa shape index (κ1) is 16.2. The van der Waals surface area contributed by atoms with Crippen LogP contribution in [0.2, 0.25) is 4.47 Å². The van der Waals surface area contributed by atoms with E-state index in [1.807, 2.05) is 23.7 Å². The highest BCUT2D eigenvalue weighted by Crippen LogP contribution is 2.22. The first-order valence-corrected chi connectivity index (χ1v) is 7.19. The normalized spacial score (nSPS) is 12.1. The van der Waals surface area contributed by atoms with Gasteiger partial charge in [0.2, 0.25) is 5.52 Å². The van der Waals surface area contributed by atoms with Gasteiger partial charge in [0, 0.05) is 17.7 Å². The summed E-state index contributed by atoms with van der Waals surface area (Å²) in [5, 5.41) is 0. The van der Waals surface area contributed by atoms with Gasteiger partial charge in [-0.3, -0.25) is 0 Å². The summed E-state index contributed by atoms with van der Waals surface area (Å²) in [6.07, 6.45) is 0. The predicted octanol–water partition coefficient (Wildman–Crippen LogP) is 2.43. The fraction of sp³-hybridized carbons (Fsp3) is 0.222. The highest BCUT2D eigenvalue weighted by atomic mass is 35.5. The van der Waals surface area contributed by atoms with Crippen molar-refractivity contribution < 1.29 is 30.7 Å². The molecule has 0 spiro atoms. The van der Waals surface area contributed by atoms with E-state index in [4.69, 9.17) is 24.6 Å². The van der Waals surface area contributed by atoms with Crippen LogP contribution in [-0.4, -0.2) is 18.5 Å². The van der Waals surface area contributed by atoms with Gasteiger partial charge < -0.3 is 4.55 Å².